The summed E-state index contributed by atoms with van der Waals surface area (Å²) in [5, 5.41) is 0.578. The van der Waals surface area contributed by atoms with E-state index in [4.69, 9.17) is 28.9 Å². The first-order valence-electron chi connectivity index (χ1n) is 5.32. The maximum atomic E-state index is 12.3. The molecule has 2 rings (SSSR count). The Labute approximate surface area is 135 Å². The van der Waals surface area contributed by atoms with Crippen LogP contribution in [0.4, 0.5) is 11.4 Å². The topological polar surface area (TPSA) is 72.2 Å². The number of benzene rings is 2. The van der Waals surface area contributed by atoms with Crippen LogP contribution in [0.5, 0.6) is 0 Å². The van der Waals surface area contributed by atoms with Gasteiger partial charge < -0.3 is 5.73 Å². The zero-order chi connectivity index (χ0) is 14.9. The van der Waals surface area contributed by atoms with Gasteiger partial charge in [0, 0.05) is 10.2 Å². The number of halogens is 3. The maximum Gasteiger partial charge on any atom is 0.263 e. The molecule has 0 aromatic heterocycles. The molecule has 0 saturated heterocycles. The van der Waals surface area contributed by atoms with Gasteiger partial charge in [0.05, 0.1) is 15.7 Å². The van der Waals surface area contributed by atoms with Gasteiger partial charge in [0.15, 0.2) is 0 Å². The van der Waals surface area contributed by atoms with Crippen LogP contribution >= 0.6 is 39.1 Å². The standard InChI is InChI=1S/C12H9BrCl2N2O2S/c13-9-6-8(2-4-10(9)14)17-20(18,19)12-5-7(16)1-3-11(12)15/h1-6,17H,16H2. The molecule has 0 bridgehead atoms. The third-order valence-electron chi connectivity index (χ3n) is 2.42. The van der Waals surface area contributed by atoms with Crippen molar-refractivity contribution in [1.82, 2.24) is 0 Å². The fourth-order valence-electron chi connectivity index (χ4n) is 1.50. The van der Waals surface area contributed by atoms with Gasteiger partial charge in [-0.3, -0.25) is 4.72 Å². The second-order valence-electron chi connectivity index (χ2n) is 3.92. The number of hydrogen-bond donors (Lipinski definition) is 2. The predicted octanol–water partition coefficient (Wildman–Crippen LogP) is 4.14. The van der Waals surface area contributed by atoms with E-state index in [-0.39, 0.29) is 9.92 Å². The first kappa shape index (κ1) is 15.4. The highest BCUT2D eigenvalue weighted by atomic mass is 79.9. The summed E-state index contributed by atoms with van der Waals surface area (Å²) in [7, 11) is -3.82. The summed E-state index contributed by atoms with van der Waals surface area (Å²) in [6.07, 6.45) is 0. The molecule has 0 amide bonds. The van der Waals surface area contributed by atoms with Crippen LogP contribution in [0.1, 0.15) is 0 Å². The summed E-state index contributed by atoms with van der Waals surface area (Å²) >= 11 is 15.0. The number of nitrogen functional groups attached to an aromatic ring is 1. The zero-order valence-corrected chi connectivity index (χ0v) is 13.8. The van der Waals surface area contributed by atoms with Gasteiger partial charge in [0.1, 0.15) is 4.90 Å². The van der Waals surface area contributed by atoms with Gasteiger partial charge in [-0.15, -0.1) is 0 Å². The summed E-state index contributed by atoms with van der Waals surface area (Å²) < 4.78 is 27.5. The molecule has 106 valence electrons. The summed E-state index contributed by atoms with van der Waals surface area (Å²) in [5.41, 5.74) is 6.26. The van der Waals surface area contributed by atoms with E-state index in [1.807, 2.05) is 0 Å². The lowest BCUT2D eigenvalue weighted by atomic mass is 10.3. The smallest absolute Gasteiger partial charge is 0.263 e. The van der Waals surface area contributed by atoms with Crippen LogP contribution in [0.15, 0.2) is 45.8 Å². The van der Waals surface area contributed by atoms with Crippen molar-refractivity contribution in [3.63, 3.8) is 0 Å². The molecule has 4 nitrogen and oxygen atoms in total. The third-order valence-corrected chi connectivity index (χ3v) is 5.49. The molecule has 0 saturated carbocycles. The number of hydrogen-bond acceptors (Lipinski definition) is 3. The largest absolute Gasteiger partial charge is 0.399 e. The van der Waals surface area contributed by atoms with Crippen molar-refractivity contribution in [3.05, 3.63) is 50.9 Å². The molecular weight excluding hydrogens is 387 g/mol. The average molecular weight is 396 g/mol. The molecule has 8 heteroatoms. The molecule has 0 fully saturated rings. The number of rotatable bonds is 3. The van der Waals surface area contributed by atoms with Gasteiger partial charge in [-0.1, -0.05) is 23.2 Å². The molecule has 0 heterocycles. The first-order valence-corrected chi connectivity index (χ1v) is 8.36. The molecular formula is C12H9BrCl2N2O2S. The highest BCUT2D eigenvalue weighted by Gasteiger charge is 2.18. The Kier molecular flexibility index (Phi) is 4.49. The van der Waals surface area contributed by atoms with Gasteiger partial charge in [-0.05, 0) is 52.3 Å². The van der Waals surface area contributed by atoms with Gasteiger partial charge >= 0.3 is 0 Å². The van der Waals surface area contributed by atoms with Crippen molar-refractivity contribution in [3.8, 4) is 0 Å². The first-order chi connectivity index (χ1) is 9.29. The number of sulfonamides is 1. The van der Waals surface area contributed by atoms with Crippen molar-refractivity contribution in [1.29, 1.82) is 0 Å². The number of nitrogens with one attached hydrogen (secondary N) is 1. The van der Waals surface area contributed by atoms with Gasteiger partial charge in [-0.2, -0.15) is 0 Å². The lowest BCUT2D eigenvalue weighted by molar-refractivity contribution is 0.601. The molecule has 0 atom stereocenters. The molecule has 2 aromatic rings. The quantitative estimate of drug-likeness (QED) is 0.767. The van der Waals surface area contributed by atoms with Crippen LogP contribution in [-0.4, -0.2) is 8.42 Å². The van der Waals surface area contributed by atoms with Crippen molar-refractivity contribution in [2.75, 3.05) is 10.5 Å². The normalized spacial score (nSPS) is 11.3. The van der Waals surface area contributed by atoms with Crippen LogP contribution in [0.2, 0.25) is 10.0 Å². The predicted molar refractivity (Wildman–Crippen MR) is 85.8 cm³/mol. The molecule has 0 radical (unpaired) electrons. The van der Waals surface area contributed by atoms with Crippen molar-refractivity contribution >= 4 is 60.5 Å². The molecule has 0 aliphatic rings. The fraction of sp³-hybridized carbons (Fsp3) is 0. The minimum atomic E-state index is -3.82. The summed E-state index contributed by atoms with van der Waals surface area (Å²) in [5.74, 6) is 0. The number of anilines is 2. The highest BCUT2D eigenvalue weighted by molar-refractivity contribution is 9.10. The van der Waals surface area contributed by atoms with E-state index in [1.165, 1.54) is 18.2 Å². The Bertz CT molecular complexity index is 766. The molecule has 0 spiro atoms. The second kappa shape index (κ2) is 5.81. The average Bonchev–Trinajstić information content (AvgIpc) is 2.36. The van der Waals surface area contributed by atoms with E-state index in [0.29, 0.717) is 20.9 Å². The van der Waals surface area contributed by atoms with Crippen LogP contribution in [0.3, 0.4) is 0 Å². The van der Waals surface area contributed by atoms with E-state index < -0.39 is 10.0 Å². The van der Waals surface area contributed by atoms with Gasteiger partial charge in [0.25, 0.3) is 10.0 Å². The summed E-state index contributed by atoms with van der Waals surface area (Å²) in [6, 6.07) is 8.94. The van der Waals surface area contributed by atoms with Crippen LogP contribution in [-0.2, 0) is 10.0 Å². The fourth-order valence-corrected chi connectivity index (χ4v) is 3.58. The Morgan fingerprint density at radius 2 is 1.70 bits per heavy atom. The van der Waals surface area contributed by atoms with Crippen LogP contribution < -0.4 is 10.5 Å². The Hall–Kier alpha value is -0.950. The third kappa shape index (κ3) is 3.38. The van der Waals surface area contributed by atoms with Crippen LogP contribution in [0, 0.1) is 0 Å². The lowest BCUT2D eigenvalue weighted by Gasteiger charge is -2.10. The van der Waals surface area contributed by atoms with Crippen molar-refractivity contribution in [2.24, 2.45) is 0 Å². The van der Waals surface area contributed by atoms with E-state index in [0.717, 1.165) is 0 Å². The minimum absolute atomic E-state index is 0.0785. The SMILES string of the molecule is Nc1ccc(Cl)c(S(=O)(=O)Nc2ccc(Cl)c(Br)c2)c1. The molecule has 0 aliphatic heterocycles. The highest BCUT2D eigenvalue weighted by Crippen LogP contribution is 2.29. The van der Waals surface area contributed by atoms with E-state index in [9.17, 15) is 8.42 Å². The van der Waals surface area contributed by atoms with Crippen molar-refractivity contribution in [2.45, 2.75) is 4.90 Å². The lowest BCUT2D eigenvalue weighted by Crippen LogP contribution is -2.13. The monoisotopic (exact) mass is 394 g/mol. The summed E-state index contributed by atoms with van der Waals surface area (Å²) in [6.45, 7) is 0. The second-order valence-corrected chi connectivity index (χ2v) is 7.24. The molecule has 3 N–H and O–H groups in total. The number of nitrogens with two attached hydrogens (primary N) is 1. The molecule has 0 aliphatic carbocycles. The Morgan fingerprint density at radius 1 is 1.05 bits per heavy atom. The molecule has 0 unspecified atom stereocenters. The van der Waals surface area contributed by atoms with E-state index >= 15 is 0 Å². The Morgan fingerprint density at radius 3 is 2.35 bits per heavy atom. The molecule has 20 heavy (non-hydrogen) atoms. The van der Waals surface area contributed by atoms with E-state index in [1.54, 1.807) is 18.2 Å². The van der Waals surface area contributed by atoms with Crippen LogP contribution in [0.25, 0.3) is 0 Å². The van der Waals surface area contributed by atoms with Crippen molar-refractivity contribution < 1.29 is 8.42 Å². The Balaban J connectivity index is 2.40. The zero-order valence-electron chi connectivity index (χ0n) is 9.90. The molecule has 2 aromatic carbocycles. The summed E-state index contributed by atoms with van der Waals surface area (Å²) in [4.78, 5) is -0.0785. The van der Waals surface area contributed by atoms with Gasteiger partial charge in [-0.25, -0.2) is 8.42 Å². The minimum Gasteiger partial charge on any atom is -0.399 e. The van der Waals surface area contributed by atoms with E-state index in [2.05, 4.69) is 20.7 Å². The van der Waals surface area contributed by atoms with Gasteiger partial charge in [0.2, 0.25) is 0 Å². The maximum absolute atomic E-state index is 12.3.